The van der Waals surface area contributed by atoms with Crippen LogP contribution in [0.2, 0.25) is 0 Å². The average molecular weight is 294 g/mol. The third-order valence-corrected chi connectivity index (χ3v) is 2.40. The number of carbonyl (C=O) groups excluding carboxylic acids is 1. The first-order valence-electron chi connectivity index (χ1n) is 4.94. The van der Waals surface area contributed by atoms with E-state index in [1.165, 1.54) is 0 Å². The second-order valence-corrected chi connectivity index (χ2v) is 4.09. The number of anilines is 1. The van der Waals surface area contributed by atoms with Crippen LogP contribution in [0.4, 0.5) is 5.69 Å². The van der Waals surface area contributed by atoms with E-state index in [1.807, 2.05) is 32.9 Å². The number of likely N-dealkylation sites (N-methyl/N-ethyl adjacent to an activating group) is 1. The van der Waals surface area contributed by atoms with Crippen molar-refractivity contribution in [3.8, 4) is 0 Å². The van der Waals surface area contributed by atoms with Gasteiger partial charge in [0.05, 0.1) is 5.54 Å². The summed E-state index contributed by atoms with van der Waals surface area (Å²) in [6.07, 6.45) is 0. The van der Waals surface area contributed by atoms with Gasteiger partial charge in [-0.2, -0.15) is 17.7 Å². The second kappa shape index (κ2) is 6.48. The zero-order chi connectivity index (χ0) is 11.5. The normalized spacial score (nSPS) is 10.5. The van der Waals surface area contributed by atoms with Crippen LogP contribution >= 0.6 is 0 Å². The van der Waals surface area contributed by atoms with Crippen molar-refractivity contribution in [3.05, 3.63) is 29.8 Å². The van der Waals surface area contributed by atoms with Crippen molar-refractivity contribution in [3.63, 3.8) is 0 Å². The van der Waals surface area contributed by atoms with E-state index in [0.717, 1.165) is 11.3 Å². The molecule has 0 aliphatic heterocycles. The van der Waals surface area contributed by atoms with E-state index < -0.39 is 5.54 Å². The summed E-state index contributed by atoms with van der Waals surface area (Å²) in [5.41, 5.74) is 1.25. The molecule has 0 aliphatic rings. The van der Waals surface area contributed by atoms with Gasteiger partial charge >= 0.3 is 0 Å². The van der Waals surface area contributed by atoms with E-state index >= 15 is 0 Å². The van der Waals surface area contributed by atoms with Crippen LogP contribution in [0.5, 0.6) is 0 Å². The maximum atomic E-state index is 11.8. The molecule has 1 rings (SSSR count). The molecule has 16 heavy (non-hydrogen) atoms. The van der Waals surface area contributed by atoms with Crippen LogP contribution in [0.25, 0.3) is 0 Å². The third kappa shape index (κ3) is 4.32. The molecule has 1 amide bonds. The van der Waals surface area contributed by atoms with Gasteiger partial charge in [-0.1, -0.05) is 12.6 Å². The van der Waals surface area contributed by atoms with Crippen molar-refractivity contribution < 1.29 is 37.5 Å². The zero-order valence-corrected chi connectivity index (χ0v) is 13.1. The van der Waals surface area contributed by atoms with Gasteiger partial charge in [-0.25, -0.2) is 0 Å². The van der Waals surface area contributed by atoms with Crippen molar-refractivity contribution in [2.75, 3.05) is 12.4 Å². The molecule has 0 aliphatic carbocycles. The Morgan fingerprint density at radius 1 is 1.44 bits per heavy atom. The van der Waals surface area contributed by atoms with Gasteiger partial charge in [0, 0.05) is 32.7 Å². The first kappa shape index (κ1) is 15.8. The average Bonchev–Trinajstić information content (AvgIpc) is 2.17. The van der Waals surface area contributed by atoms with Gasteiger partial charge in [0.1, 0.15) is 0 Å². The standard InChI is InChI=1S/C12H17N2O.Y/c1-9-6-5-7-10(8-9)14-11(15)12(2,3)13-4;/h5,7-8,13H,1-4H3,(H,14,15);/q-1;. The summed E-state index contributed by atoms with van der Waals surface area (Å²) in [4.78, 5) is 11.8. The van der Waals surface area contributed by atoms with Crippen molar-refractivity contribution >= 4 is 11.6 Å². The predicted molar refractivity (Wildman–Crippen MR) is 61.8 cm³/mol. The molecular formula is C12H17N2OY-. The van der Waals surface area contributed by atoms with Crippen LogP contribution in [-0.4, -0.2) is 18.5 Å². The Morgan fingerprint density at radius 3 is 2.56 bits per heavy atom. The minimum Gasteiger partial charge on any atom is -0.348 e. The molecule has 1 aromatic rings. The predicted octanol–water partition coefficient (Wildman–Crippen LogP) is 1.73. The monoisotopic (exact) mass is 294 g/mol. The Morgan fingerprint density at radius 2 is 2.06 bits per heavy atom. The number of aryl methyl sites for hydroxylation is 1. The SMILES string of the molecule is CNC(C)(C)C(=O)Nc1cc[c-]c(C)c1.[Y]. The summed E-state index contributed by atoms with van der Waals surface area (Å²) in [5, 5.41) is 5.81. The molecule has 0 saturated carbocycles. The molecule has 0 atom stereocenters. The number of rotatable bonds is 3. The summed E-state index contributed by atoms with van der Waals surface area (Å²) in [6.45, 7) is 5.62. The molecule has 1 radical (unpaired) electrons. The number of benzene rings is 1. The fourth-order valence-corrected chi connectivity index (χ4v) is 1.06. The van der Waals surface area contributed by atoms with E-state index in [2.05, 4.69) is 16.7 Å². The van der Waals surface area contributed by atoms with Crippen molar-refractivity contribution in [1.82, 2.24) is 5.32 Å². The number of carbonyl (C=O) groups is 1. The number of hydrogen-bond donors (Lipinski definition) is 2. The number of amides is 1. The molecule has 3 nitrogen and oxygen atoms in total. The number of hydrogen-bond acceptors (Lipinski definition) is 2. The molecule has 4 heteroatoms. The van der Waals surface area contributed by atoms with Gasteiger partial charge in [-0.15, -0.1) is 12.1 Å². The fourth-order valence-electron chi connectivity index (χ4n) is 1.06. The number of nitrogens with one attached hydrogen (secondary N) is 2. The van der Waals surface area contributed by atoms with E-state index in [-0.39, 0.29) is 38.6 Å². The van der Waals surface area contributed by atoms with Crippen molar-refractivity contribution in [2.24, 2.45) is 0 Å². The zero-order valence-electron chi connectivity index (χ0n) is 10.2. The molecule has 0 saturated heterocycles. The third-order valence-electron chi connectivity index (χ3n) is 2.40. The Labute approximate surface area is 122 Å². The van der Waals surface area contributed by atoms with Gasteiger partial charge in [-0.05, 0) is 20.9 Å². The van der Waals surface area contributed by atoms with Crippen LogP contribution < -0.4 is 10.6 Å². The molecule has 0 heterocycles. The van der Waals surface area contributed by atoms with E-state index in [0.29, 0.717) is 0 Å². The summed E-state index contributed by atoms with van der Waals surface area (Å²) < 4.78 is 0. The van der Waals surface area contributed by atoms with E-state index in [9.17, 15) is 4.79 Å². The minimum absolute atomic E-state index is 0. The molecule has 85 valence electrons. The van der Waals surface area contributed by atoms with Gasteiger partial charge in [0.15, 0.2) is 0 Å². The van der Waals surface area contributed by atoms with Crippen LogP contribution in [0.1, 0.15) is 19.4 Å². The van der Waals surface area contributed by atoms with Crippen LogP contribution in [0, 0.1) is 13.0 Å². The molecule has 0 fully saturated rings. The van der Waals surface area contributed by atoms with Crippen LogP contribution in [0.15, 0.2) is 18.2 Å². The smallest absolute Gasteiger partial charge is 0.242 e. The maximum Gasteiger partial charge on any atom is 0.242 e. The second-order valence-electron chi connectivity index (χ2n) is 4.09. The largest absolute Gasteiger partial charge is 0.348 e. The topological polar surface area (TPSA) is 41.1 Å². The van der Waals surface area contributed by atoms with Crippen molar-refractivity contribution in [1.29, 1.82) is 0 Å². The molecule has 0 unspecified atom stereocenters. The summed E-state index contributed by atoms with van der Waals surface area (Å²) in [5.74, 6) is -0.0457. The summed E-state index contributed by atoms with van der Waals surface area (Å²) in [6, 6.07) is 8.56. The molecule has 0 aromatic heterocycles. The molecule has 1 aromatic carbocycles. The summed E-state index contributed by atoms with van der Waals surface area (Å²) in [7, 11) is 1.77. The minimum atomic E-state index is -0.562. The molecule has 0 spiro atoms. The molecule has 0 bridgehead atoms. The first-order valence-corrected chi connectivity index (χ1v) is 4.94. The Kier molecular flexibility index (Phi) is 6.38. The maximum absolute atomic E-state index is 11.8. The van der Waals surface area contributed by atoms with Gasteiger partial charge in [0.2, 0.25) is 5.91 Å². The Hall–Kier alpha value is -0.246. The van der Waals surface area contributed by atoms with Crippen LogP contribution in [-0.2, 0) is 37.5 Å². The van der Waals surface area contributed by atoms with E-state index in [4.69, 9.17) is 0 Å². The Balaban J connectivity index is 0.00000225. The van der Waals surface area contributed by atoms with Gasteiger partial charge in [-0.3, -0.25) is 4.79 Å². The quantitative estimate of drug-likeness (QED) is 0.834. The van der Waals surface area contributed by atoms with Crippen LogP contribution in [0.3, 0.4) is 0 Å². The molecule has 2 N–H and O–H groups in total. The summed E-state index contributed by atoms with van der Waals surface area (Å²) >= 11 is 0. The van der Waals surface area contributed by atoms with Crippen molar-refractivity contribution in [2.45, 2.75) is 26.3 Å². The first-order chi connectivity index (χ1) is 6.95. The van der Waals surface area contributed by atoms with Gasteiger partial charge < -0.3 is 10.6 Å². The van der Waals surface area contributed by atoms with Gasteiger partial charge in [0.25, 0.3) is 0 Å². The molecular weight excluding hydrogens is 277 g/mol. The Bertz CT molecular complexity index is 364. The van der Waals surface area contributed by atoms with E-state index in [1.54, 1.807) is 13.1 Å². The fraction of sp³-hybridized carbons (Fsp3) is 0.417.